The first kappa shape index (κ1) is 25.5. The Hall–Kier alpha value is -3.58. The van der Waals surface area contributed by atoms with Crippen molar-refractivity contribution in [2.75, 3.05) is 26.8 Å². The van der Waals surface area contributed by atoms with Crippen molar-refractivity contribution in [1.82, 2.24) is 9.47 Å². The lowest BCUT2D eigenvalue weighted by molar-refractivity contribution is -0.149. The number of likely N-dealkylation sites (tertiary alicyclic amines) is 1. The fourth-order valence-corrected chi connectivity index (χ4v) is 4.99. The van der Waals surface area contributed by atoms with Crippen molar-refractivity contribution >= 4 is 5.97 Å². The van der Waals surface area contributed by atoms with Crippen LogP contribution in [0, 0.1) is 12.8 Å². The number of aryl methyl sites for hydroxylation is 1. The van der Waals surface area contributed by atoms with E-state index >= 15 is 0 Å². The van der Waals surface area contributed by atoms with Crippen molar-refractivity contribution < 1.29 is 19.4 Å². The molecule has 4 rings (SSSR count). The molecule has 36 heavy (non-hydrogen) atoms. The number of aromatic nitrogens is 1. The van der Waals surface area contributed by atoms with Crippen molar-refractivity contribution in [3.63, 3.8) is 0 Å². The molecule has 2 aromatic carbocycles. The number of nitrogens with zero attached hydrogens (tertiary/aromatic N) is 2. The van der Waals surface area contributed by atoms with Gasteiger partial charge in [-0.3, -0.25) is 14.5 Å². The lowest BCUT2D eigenvalue weighted by Gasteiger charge is -2.37. The summed E-state index contributed by atoms with van der Waals surface area (Å²) in [5, 5.41) is 11.1. The molecule has 1 saturated heterocycles. The average Bonchev–Trinajstić information content (AvgIpc) is 2.90. The van der Waals surface area contributed by atoms with Crippen LogP contribution in [0.5, 0.6) is 11.5 Å². The van der Waals surface area contributed by atoms with E-state index < -0.39 is 6.04 Å². The zero-order valence-electron chi connectivity index (χ0n) is 21.1. The number of carbonyl (C=O) groups excluding carboxylic acids is 1. The number of piperidine rings is 1. The van der Waals surface area contributed by atoms with Crippen LogP contribution in [0.4, 0.5) is 0 Å². The highest BCUT2D eigenvalue weighted by atomic mass is 16.5. The molecule has 2 heterocycles. The number of aromatic hydroxyl groups is 1. The molecule has 0 bridgehead atoms. The Kier molecular flexibility index (Phi) is 8.10. The van der Waals surface area contributed by atoms with Gasteiger partial charge in [-0.1, -0.05) is 42.5 Å². The van der Waals surface area contributed by atoms with E-state index in [1.54, 1.807) is 17.7 Å². The van der Waals surface area contributed by atoms with Gasteiger partial charge in [0.15, 0.2) is 0 Å². The summed E-state index contributed by atoms with van der Waals surface area (Å²) in [6, 6.07) is 18.6. The zero-order chi connectivity index (χ0) is 25.7. The Morgan fingerprint density at radius 3 is 2.36 bits per heavy atom. The van der Waals surface area contributed by atoms with Gasteiger partial charge in [-0.15, -0.1) is 0 Å². The quantitative estimate of drug-likeness (QED) is 0.475. The third-order valence-corrected chi connectivity index (χ3v) is 6.93. The van der Waals surface area contributed by atoms with Gasteiger partial charge < -0.3 is 19.1 Å². The van der Waals surface area contributed by atoms with Crippen LogP contribution < -0.4 is 10.3 Å². The zero-order valence-corrected chi connectivity index (χ0v) is 21.1. The molecule has 1 aromatic heterocycles. The maximum absolute atomic E-state index is 13.9. The summed E-state index contributed by atoms with van der Waals surface area (Å²) in [7, 11) is 1.61. The second kappa shape index (κ2) is 11.4. The van der Waals surface area contributed by atoms with Crippen molar-refractivity contribution in [2.45, 2.75) is 39.3 Å². The number of esters is 1. The summed E-state index contributed by atoms with van der Waals surface area (Å²) in [5.41, 5.74) is 2.71. The molecule has 1 fully saturated rings. The lowest BCUT2D eigenvalue weighted by Crippen LogP contribution is -2.42. The summed E-state index contributed by atoms with van der Waals surface area (Å²) in [6.07, 6.45) is 1.27. The van der Waals surface area contributed by atoms with Crippen LogP contribution in [-0.4, -0.2) is 47.3 Å². The molecule has 0 unspecified atom stereocenters. The minimum absolute atomic E-state index is 0.0184. The normalized spacial score (nSPS) is 15.4. The van der Waals surface area contributed by atoms with Crippen molar-refractivity contribution in [1.29, 1.82) is 0 Å². The third kappa shape index (κ3) is 5.46. The summed E-state index contributed by atoms with van der Waals surface area (Å²) in [6.45, 7) is 5.64. The van der Waals surface area contributed by atoms with Crippen LogP contribution in [0.3, 0.4) is 0 Å². The number of pyridine rings is 1. The number of rotatable bonds is 8. The highest BCUT2D eigenvalue weighted by molar-refractivity contribution is 5.72. The van der Waals surface area contributed by atoms with Crippen LogP contribution in [0.1, 0.15) is 48.2 Å². The number of hydrogen-bond donors (Lipinski definition) is 1. The Bertz CT molecular complexity index is 1230. The van der Waals surface area contributed by atoms with Gasteiger partial charge in [-0.2, -0.15) is 0 Å². The summed E-state index contributed by atoms with van der Waals surface area (Å²) < 4.78 is 12.3. The van der Waals surface area contributed by atoms with Crippen LogP contribution in [0.15, 0.2) is 65.5 Å². The van der Waals surface area contributed by atoms with E-state index in [0.717, 1.165) is 11.1 Å². The maximum atomic E-state index is 13.9. The van der Waals surface area contributed by atoms with E-state index in [1.807, 2.05) is 68.4 Å². The monoisotopic (exact) mass is 490 g/mol. The highest BCUT2D eigenvalue weighted by Crippen LogP contribution is 2.36. The van der Waals surface area contributed by atoms with Crippen LogP contribution in [0.25, 0.3) is 0 Å². The van der Waals surface area contributed by atoms with E-state index in [-0.39, 0.29) is 23.2 Å². The number of methoxy groups -OCH3 is 1. The molecule has 0 spiro atoms. The number of hydrogen-bond acceptors (Lipinski definition) is 6. The standard InChI is InChI=1S/C29H34N2O5/c1-4-36-29(34)23-14-16-30(17-15-23)27(22-10-12-24(35-3)13-11-22)26-25(32)18-20(2)31(28(26)33)19-21-8-6-5-7-9-21/h5-13,18,23,27,32H,4,14-17,19H2,1-3H3/t27-/m0/s1. The summed E-state index contributed by atoms with van der Waals surface area (Å²) in [5.74, 6) is 0.379. The Morgan fingerprint density at radius 1 is 1.08 bits per heavy atom. The predicted molar refractivity (Wildman–Crippen MR) is 138 cm³/mol. The predicted octanol–water partition coefficient (Wildman–Crippen LogP) is 4.28. The van der Waals surface area contributed by atoms with Gasteiger partial charge >= 0.3 is 5.97 Å². The largest absolute Gasteiger partial charge is 0.507 e. The first-order chi connectivity index (χ1) is 17.4. The molecule has 1 aliphatic heterocycles. The summed E-state index contributed by atoms with van der Waals surface area (Å²) in [4.78, 5) is 28.4. The molecular formula is C29H34N2O5. The van der Waals surface area contributed by atoms with Crippen LogP contribution in [-0.2, 0) is 16.1 Å². The molecule has 0 amide bonds. The molecule has 0 radical (unpaired) electrons. The molecular weight excluding hydrogens is 456 g/mol. The topological polar surface area (TPSA) is 81.0 Å². The minimum atomic E-state index is -0.464. The van der Waals surface area contributed by atoms with E-state index in [0.29, 0.717) is 56.1 Å². The van der Waals surface area contributed by atoms with E-state index in [1.165, 1.54) is 0 Å². The van der Waals surface area contributed by atoms with E-state index in [9.17, 15) is 14.7 Å². The van der Waals surface area contributed by atoms with Gasteiger partial charge in [0, 0.05) is 5.69 Å². The van der Waals surface area contributed by atoms with E-state index in [2.05, 4.69) is 4.90 Å². The second-order valence-electron chi connectivity index (χ2n) is 9.20. The molecule has 190 valence electrons. The third-order valence-electron chi connectivity index (χ3n) is 6.93. The van der Waals surface area contributed by atoms with Gasteiger partial charge in [0.25, 0.3) is 5.56 Å². The van der Waals surface area contributed by atoms with Gasteiger partial charge in [0.1, 0.15) is 11.5 Å². The molecule has 7 nitrogen and oxygen atoms in total. The number of ether oxygens (including phenoxy) is 2. The molecule has 1 aliphatic rings. The van der Waals surface area contributed by atoms with Gasteiger partial charge in [-0.05, 0) is 69.1 Å². The Morgan fingerprint density at radius 2 is 1.75 bits per heavy atom. The van der Waals surface area contributed by atoms with Gasteiger partial charge in [-0.25, -0.2) is 0 Å². The molecule has 1 N–H and O–H groups in total. The first-order valence-electron chi connectivity index (χ1n) is 12.4. The lowest BCUT2D eigenvalue weighted by atomic mass is 9.91. The van der Waals surface area contributed by atoms with E-state index in [4.69, 9.17) is 9.47 Å². The molecule has 0 aliphatic carbocycles. The number of carbonyl (C=O) groups is 1. The fourth-order valence-electron chi connectivity index (χ4n) is 4.99. The molecule has 0 saturated carbocycles. The van der Waals surface area contributed by atoms with Gasteiger partial charge in [0.2, 0.25) is 0 Å². The number of benzene rings is 2. The maximum Gasteiger partial charge on any atom is 0.309 e. The van der Waals surface area contributed by atoms with Crippen molar-refractivity contribution in [3.05, 3.63) is 93.4 Å². The fraction of sp³-hybridized carbons (Fsp3) is 0.379. The smallest absolute Gasteiger partial charge is 0.309 e. The first-order valence-corrected chi connectivity index (χ1v) is 12.4. The summed E-state index contributed by atoms with van der Waals surface area (Å²) >= 11 is 0. The average molecular weight is 491 g/mol. The van der Waals surface area contributed by atoms with Crippen LogP contribution in [0.2, 0.25) is 0 Å². The molecule has 3 aromatic rings. The Balaban J connectivity index is 1.75. The second-order valence-corrected chi connectivity index (χ2v) is 9.20. The van der Waals surface area contributed by atoms with Crippen molar-refractivity contribution in [3.8, 4) is 11.5 Å². The SMILES string of the molecule is CCOC(=O)C1CCN([C@@H](c2ccc(OC)cc2)c2c(O)cc(C)n(Cc3ccccc3)c2=O)CC1. The molecule has 7 heteroatoms. The van der Waals surface area contributed by atoms with Crippen molar-refractivity contribution in [2.24, 2.45) is 5.92 Å². The molecule has 1 atom stereocenters. The minimum Gasteiger partial charge on any atom is -0.507 e. The van der Waals surface area contributed by atoms with Crippen LogP contribution >= 0.6 is 0 Å². The van der Waals surface area contributed by atoms with Gasteiger partial charge in [0.05, 0.1) is 37.8 Å². The Labute approximate surface area is 211 Å². The highest BCUT2D eigenvalue weighted by Gasteiger charge is 2.34.